The van der Waals surface area contributed by atoms with E-state index in [1.54, 1.807) is 43.5 Å². The number of hydrogen-bond acceptors (Lipinski definition) is 4. The van der Waals surface area contributed by atoms with Gasteiger partial charge in [0, 0.05) is 6.20 Å². The van der Waals surface area contributed by atoms with E-state index in [4.69, 9.17) is 5.11 Å². The monoisotopic (exact) mass is 301 g/mol. The van der Waals surface area contributed by atoms with Crippen LogP contribution in [-0.4, -0.2) is 28.7 Å². The molecule has 0 unspecified atom stereocenters. The van der Waals surface area contributed by atoms with Gasteiger partial charge in [0.2, 0.25) is 0 Å². The molecule has 6 nitrogen and oxygen atoms in total. The number of nitrogens with zero attached hydrogens (tertiary/aromatic N) is 1. The van der Waals surface area contributed by atoms with E-state index in [1.165, 1.54) is 11.7 Å². The average molecular weight is 301 g/mol. The molecule has 1 aromatic carbocycles. The van der Waals surface area contributed by atoms with E-state index in [-0.39, 0.29) is 12.1 Å². The molecule has 114 valence electrons. The van der Waals surface area contributed by atoms with Gasteiger partial charge in [0.1, 0.15) is 5.56 Å². The fourth-order valence-corrected chi connectivity index (χ4v) is 2.11. The highest BCUT2D eigenvalue weighted by atomic mass is 16.5. The first-order valence-corrected chi connectivity index (χ1v) is 6.54. The molecule has 1 aromatic heterocycles. The molecule has 0 saturated heterocycles. The number of pyridine rings is 1. The molecule has 0 aliphatic carbocycles. The van der Waals surface area contributed by atoms with Gasteiger partial charge in [0.05, 0.1) is 19.2 Å². The Bertz CT molecular complexity index is 774. The topological polar surface area (TPSA) is 85.6 Å². The van der Waals surface area contributed by atoms with Crippen molar-refractivity contribution in [3.05, 3.63) is 69.1 Å². The molecule has 0 bridgehead atoms. The van der Waals surface area contributed by atoms with Crippen molar-refractivity contribution in [2.75, 3.05) is 7.11 Å². The first kappa shape index (κ1) is 15.5. The Balaban J connectivity index is 2.32. The van der Waals surface area contributed by atoms with E-state index < -0.39 is 17.5 Å². The summed E-state index contributed by atoms with van der Waals surface area (Å²) in [5.74, 6) is -1.68. The molecule has 2 rings (SSSR count). The van der Waals surface area contributed by atoms with E-state index >= 15 is 0 Å². The van der Waals surface area contributed by atoms with Gasteiger partial charge in [-0.25, -0.2) is 9.59 Å². The maximum atomic E-state index is 12.2. The Morgan fingerprint density at radius 3 is 2.36 bits per heavy atom. The molecule has 6 heteroatoms. The number of benzene rings is 1. The minimum absolute atomic E-state index is 0.223. The minimum atomic E-state index is -1.24. The predicted molar refractivity (Wildman–Crippen MR) is 79.3 cm³/mol. The second-order valence-corrected chi connectivity index (χ2v) is 4.80. The molecule has 0 amide bonds. The zero-order chi connectivity index (χ0) is 16.3. The van der Waals surface area contributed by atoms with Crippen LogP contribution in [0.1, 0.15) is 31.8 Å². The van der Waals surface area contributed by atoms with Crippen LogP contribution in [0.2, 0.25) is 0 Å². The summed E-state index contributed by atoms with van der Waals surface area (Å²) < 4.78 is 5.93. The Morgan fingerprint density at radius 1 is 1.18 bits per heavy atom. The molecular weight excluding hydrogens is 286 g/mol. The summed E-state index contributed by atoms with van der Waals surface area (Å²) in [6.07, 6.45) is 1.55. The molecule has 1 heterocycles. The van der Waals surface area contributed by atoms with Crippen molar-refractivity contribution in [3.63, 3.8) is 0 Å². The molecule has 1 N–H and O–H groups in total. The molecule has 0 atom stereocenters. The molecule has 0 fully saturated rings. The summed E-state index contributed by atoms with van der Waals surface area (Å²) in [4.78, 5) is 34.7. The lowest BCUT2D eigenvalue weighted by atomic mass is 10.1. The maximum absolute atomic E-state index is 12.2. The lowest BCUT2D eigenvalue weighted by Gasteiger charge is -2.09. The summed E-state index contributed by atoms with van der Waals surface area (Å²) in [5, 5.41) is 9.10. The van der Waals surface area contributed by atoms with E-state index in [2.05, 4.69) is 4.74 Å². The summed E-state index contributed by atoms with van der Waals surface area (Å²) >= 11 is 0. The van der Waals surface area contributed by atoms with Crippen LogP contribution in [-0.2, 0) is 11.3 Å². The van der Waals surface area contributed by atoms with E-state index in [0.717, 1.165) is 5.56 Å². The number of aryl methyl sites for hydroxylation is 1. The van der Waals surface area contributed by atoms with Gasteiger partial charge in [-0.1, -0.05) is 12.1 Å². The normalized spacial score (nSPS) is 10.3. The minimum Gasteiger partial charge on any atom is -0.477 e. The van der Waals surface area contributed by atoms with Crippen molar-refractivity contribution in [1.29, 1.82) is 0 Å². The third kappa shape index (κ3) is 3.06. The molecule has 22 heavy (non-hydrogen) atoms. The number of hydrogen-bond donors (Lipinski definition) is 1. The predicted octanol–water partition coefficient (Wildman–Crippen LogP) is 1.69. The Labute approximate surface area is 126 Å². The number of carboxylic acids is 1. The number of esters is 1. The van der Waals surface area contributed by atoms with Crippen LogP contribution >= 0.6 is 0 Å². The number of methoxy groups -OCH3 is 1. The van der Waals surface area contributed by atoms with E-state index in [1.807, 2.05) is 0 Å². The van der Waals surface area contributed by atoms with Crippen molar-refractivity contribution in [2.24, 2.45) is 0 Å². The number of ether oxygens (including phenoxy) is 1. The summed E-state index contributed by atoms with van der Waals surface area (Å²) in [6, 6.07) is 8.17. The zero-order valence-electron chi connectivity index (χ0n) is 12.2. The van der Waals surface area contributed by atoms with Crippen LogP contribution in [0.4, 0.5) is 0 Å². The van der Waals surface area contributed by atoms with E-state index in [0.29, 0.717) is 11.1 Å². The first-order valence-electron chi connectivity index (χ1n) is 6.54. The molecule has 0 aliphatic rings. The summed E-state index contributed by atoms with van der Waals surface area (Å²) in [7, 11) is 1.30. The fourth-order valence-electron chi connectivity index (χ4n) is 2.11. The number of rotatable bonds is 4. The van der Waals surface area contributed by atoms with Gasteiger partial charge in [-0.15, -0.1) is 0 Å². The van der Waals surface area contributed by atoms with E-state index in [9.17, 15) is 14.4 Å². The Hall–Kier alpha value is -2.89. The third-order valence-corrected chi connectivity index (χ3v) is 3.32. The highest BCUT2D eigenvalue weighted by Crippen LogP contribution is 2.08. The van der Waals surface area contributed by atoms with Crippen LogP contribution in [0.25, 0.3) is 0 Å². The van der Waals surface area contributed by atoms with Crippen LogP contribution in [0.5, 0.6) is 0 Å². The van der Waals surface area contributed by atoms with Gasteiger partial charge in [0.15, 0.2) is 0 Å². The quantitative estimate of drug-likeness (QED) is 0.869. The molecule has 0 spiro atoms. The van der Waals surface area contributed by atoms with Gasteiger partial charge in [-0.05, 0) is 36.2 Å². The van der Waals surface area contributed by atoms with Gasteiger partial charge in [-0.3, -0.25) is 4.79 Å². The molecule has 0 aliphatic heterocycles. The highest BCUT2D eigenvalue weighted by molar-refractivity contribution is 5.89. The number of carbonyl (C=O) groups excluding carboxylic acids is 1. The molecule has 0 radical (unpaired) electrons. The van der Waals surface area contributed by atoms with Crippen molar-refractivity contribution in [3.8, 4) is 0 Å². The largest absolute Gasteiger partial charge is 0.477 e. The zero-order valence-corrected chi connectivity index (χ0v) is 12.2. The van der Waals surface area contributed by atoms with Crippen LogP contribution in [0.3, 0.4) is 0 Å². The van der Waals surface area contributed by atoms with Gasteiger partial charge < -0.3 is 14.4 Å². The number of carboxylic acid groups (broad SMARTS) is 1. The fraction of sp³-hybridized carbons (Fsp3) is 0.188. The van der Waals surface area contributed by atoms with Gasteiger partial charge >= 0.3 is 11.9 Å². The Kier molecular flexibility index (Phi) is 4.41. The van der Waals surface area contributed by atoms with Gasteiger partial charge in [0.25, 0.3) is 5.56 Å². The summed E-state index contributed by atoms with van der Waals surface area (Å²) in [5.41, 5.74) is 0.830. The third-order valence-electron chi connectivity index (χ3n) is 3.32. The van der Waals surface area contributed by atoms with Crippen molar-refractivity contribution in [2.45, 2.75) is 13.5 Å². The average Bonchev–Trinajstić information content (AvgIpc) is 2.50. The molecule has 0 saturated carbocycles. The second-order valence-electron chi connectivity index (χ2n) is 4.80. The highest BCUT2D eigenvalue weighted by Gasteiger charge is 2.14. The molecular formula is C16H15NO5. The SMILES string of the molecule is COC(=O)c1ccc(Cn2ccc(C)c(C(=O)O)c2=O)cc1. The van der Waals surface area contributed by atoms with Crippen LogP contribution < -0.4 is 5.56 Å². The smallest absolute Gasteiger partial charge is 0.341 e. The standard InChI is InChI=1S/C16H15NO5/c1-10-7-8-17(14(18)13(10)15(19)20)9-11-3-5-12(6-4-11)16(21)22-2/h3-8H,9H2,1-2H3,(H,19,20). The van der Waals surface area contributed by atoms with Crippen LogP contribution in [0.15, 0.2) is 41.3 Å². The first-order chi connectivity index (χ1) is 10.4. The summed E-state index contributed by atoms with van der Waals surface area (Å²) in [6.45, 7) is 1.81. The number of carbonyl (C=O) groups is 2. The lowest BCUT2D eigenvalue weighted by Crippen LogP contribution is -2.27. The van der Waals surface area contributed by atoms with Gasteiger partial charge in [-0.2, -0.15) is 0 Å². The number of aromatic carboxylic acids is 1. The second kappa shape index (κ2) is 6.26. The Morgan fingerprint density at radius 2 is 1.82 bits per heavy atom. The van der Waals surface area contributed by atoms with Crippen molar-refractivity contribution >= 4 is 11.9 Å². The van der Waals surface area contributed by atoms with Crippen molar-refractivity contribution < 1.29 is 19.4 Å². The molecule has 2 aromatic rings. The van der Waals surface area contributed by atoms with Crippen LogP contribution in [0, 0.1) is 6.92 Å². The maximum Gasteiger partial charge on any atom is 0.341 e. The van der Waals surface area contributed by atoms with Crippen molar-refractivity contribution in [1.82, 2.24) is 4.57 Å². The number of aromatic nitrogens is 1. The lowest BCUT2D eigenvalue weighted by molar-refractivity contribution is 0.0599.